The van der Waals surface area contributed by atoms with Crippen LogP contribution in [0.25, 0.3) is 86.6 Å². The molecule has 13 aromatic rings. The van der Waals surface area contributed by atoms with Gasteiger partial charge in [-0.2, -0.15) is 0 Å². The van der Waals surface area contributed by atoms with Crippen LogP contribution >= 0.6 is 0 Å². The zero-order valence-electron chi connectivity index (χ0n) is 41.1. The van der Waals surface area contributed by atoms with Crippen molar-refractivity contribution in [2.45, 2.75) is 39.3 Å². The summed E-state index contributed by atoms with van der Waals surface area (Å²) < 4.78 is 6.93. The second-order valence-electron chi connectivity index (χ2n) is 21.4. The van der Waals surface area contributed by atoms with Gasteiger partial charge in [0.05, 0.1) is 27.5 Å². The van der Waals surface area contributed by atoms with Crippen molar-refractivity contribution < 1.29 is 4.42 Å². The van der Waals surface area contributed by atoms with Gasteiger partial charge in [0.15, 0.2) is 0 Å². The van der Waals surface area contributed by atoms with E-state index in [1.54, 1.807) is 0 Å². The van der Waals surface area contributed by atoms with Gasteiger partial charge in [-0.15, -0.1) is 0 Å². The van der Waals surface area contributed by atoms with Gasteiger partial charge in [0.25, 0.3) is 0 Å². The molecule has 0 bridgehead atoms. The van der Waals surface area contributed by atoms with Crippen LogP contribution in [-0.4, -0.2) is 16.1 Å². The standard InChI is InChI=1S/C66H54N2OSi2/c1-70(2,3)65-55-25-13-9-19-45(55)31-35-61(65)67(59-27-15-21-43-17-7-11-23-53(43)59)51-33-29-47-39-57-58-40-48-30-34-52(38-50(48)42-64(58)69-63(57)41-49(47)37-51)68(60-28-16-22-44-18-8-12-24-54(44)60)62-36-32-46-20-10-14-26-56(46)66(62)71(4,5)6/h7-42H,1-6H3. The van der Waals surface area contributed by atoms with Crippen LogP contribution < -0.4 is 20.2 Å². The van der Waals surface area contributed by atoms with Gasteiger partial charge in [0, 0.05) is 44.3 Å². The van der Waals surface area contributed by atoms with Crippen LogP contribution in [-0.2, 0) is 0 Å². The Morgan fingerprint density at radius 2 is 0.620 bits per heavy atom. The van der Waals surface area contributed by atoms with Crippen LogP contribution in [0, 0.1) is 0 Å². The second-order valence-corrected chi connectivity index (χ2v) is 31.4. The molecule has 0 unspecified atom stereocenters. The van der Waals surface area contributed by atoms with E-state index in [2.05, 4.69) is 267 Å². The van der Waals surface area contributed by atoms with Crippen LogP contribution in [0.4, 0.5) is 34.1 Å². The number of nitrogens with zero attached hydrogens (tertiary/aromatic N) is 2. The van der Waals surface area contributed by atoms with E-state index in [1.807, 2.05) is 0 Å². The molecule has 71 heavy (non-hydrogen) atoms. The molecule has 0 radical (unpaired) electrons. The second kappa shape index (κ2) is 16.3. The zero-order valence-corrected chi connectivity index (χ0v) is 43.1. The molecule has 0 aliphatic rings. The lowest BCUT2D eigenvalue weighted by atomic mass is 10.0. The average Bonchev–Trinajstić information content (AvgIpc) is 3.72. The van der Waals surface area contributed by atoms with Gasteiger partial charge in [-0.25, -0.2) is 0 Å². The molecular weight excluding hydrogens is 893 g/mol. The van der Waals surface area contributed by atoms with Gasteiger partial charge in [0.1, 0.15) is 11.2 Å². The van der Waals surface area contributed by atoms with E-state index in [1.165, 1.54) is 87.0 Å². The van der Waals surface area contributed by atoms with Crippen LogP contribution in [0.3, 0.4) is 0 Å². The lowest BCUT2D eigenvalue weighted by Gasteiger charge is -2.33. The molecule has 0 atom stereocenters. The minimum absolute atomic E-state index is 0.888. The van der Waals surface area contributed by atoms with E-state index >= 15 is 0 Å². The summed E-state index contributed by atoms with van der Waals surface area (Å²) in [6.45, 7) is 14.8. The minimum Gasteiger partial charge on any atom is -0.456 e. The summed E-state index contributed by atoms with van der Waals surface area (Å²) in [7, 11) is -3.80. The van der Waals surface area contributed by atoms with E-state index < -0.39 is 16.1 Å². The SMILES string of the molecule is C[Si](C)(C)c1c(N(c2ccc3cc4c(cc3c2)oc2cc3cc(N(c5ccc6ccccc6c5[Si](C)(C)C)c5cccc6ccccc56)ccc3cc24)c2cccc3ccccc23)ccc2ccccc12. The lowest BCUT2D eigenvalue weighted by Crippen LogP contribution is -2.41. The van der Waals surface area contributed by atoms with Crippen molar-refractivity contribution in [3.05, 3.63) is 218 Å². The molecule has 0 saturated carbocycles. The Morgan fingerprint density at radius 1 is 0.268 bits per heavy atom. The molecule has 13 rings (SSSR count). The van der Waals surface area contributed by atoms with Crippen molar-refractivity contribution >= 4 is 147 Å². The van der Waals surface area contributed by atoms with Gasteiger partial charge in [-0.1, -0.05) is 185 Å². The highest BCUT2D eigenvalue weighted by Crippen LogP contribution is 2.45. The van der Waals surface area contributed by atoms with Gasteiger partial charge in [-0.05, 0) is 137 Å². The minimum atomic E-state index is -1.90. The van der Waals surface area contributed by atoms with Crippen LogP contribution in [0.5, 0.6) is 0 Å². The molecular formula is C66H54N2OSi2. The Morgan fingerprint density at radius 3 is 1.03 bits per heavy atom. The summed E-state index contributed by atoms with van der Waals surface area (Å²) >= 11 is 0. The Balaban J connectivity index is 0.980. The normalized spacial score (nSPS) is 12.4. The van der Waals surface area contributed by atoms with E-state index in [9.17, 15) is 0 Å². The largest absolute Gasteiger partial charge is 0.456 e. The molecule has 5 heteroatoms. The highest BCUT2D eigenvalue weighted by atomic mass is 28.3. The number of hydrogen-bond acceptors (Lipinski definition) is 3. The first kappa shape index (κ1) is 43.1. The molecule has 0 spiro atoms. The summed E-state index contributed by atoms with van der Waals surface area (Å²) in [5.41, 5.74) is 8.84. The maximum absolute atomic E-state index is 6.93. The summed E-state index contributed by atoms with van der Waals surface area (Å²) in [6, 6.07) is 81.1. The topological polar surface area (TPSA) is 19.6 Å². The van der Waals surface area contributed by atoms with Crippen molar-refractivity contribution in [3.63, 3.8) is 0 Å². The summed E-state index contributed by atoms with van der Waals surface area (Å²) in [6.07, 6.45) is 0. The van der Waals surface area contributed by atoms with Crippen LogP contribution in [0.2, 0.25) is 39.3 Å². The highest BCUT2D eigenvalue weighted by molar-refractivity contribution is 6.92. The molecule has 0 aliphatic heterocycles. The molecule has 0 aliphatic carbocycles. The van der Waals surface area contributed by atoms with Crippen molar-refractivity contribution in [2.75, 3.05) is 9.80 Å². The quantitative estimate of drug-likeness (QED) is 0.142. The average molecular weight is 947 g/mol. The molecule has 1 heterocycles. The zero-order chi connectivity index (χ0) is 48.2. The maximum Gasteiger partial charge on any atom is 0.136 e. The van der Waals surface area contributed by atoms with Gasteiger partial charge < -0.3 is 14.2 Å². The Kier molecular flexibility index (Phi) is 9.90. The third-order valence-electron chi connectivity index (χ3n) is 14.7. The Hall–Kier alpha value is -7.97. The fourth-order valence-corrected chi connectivity index (χ4v) is 15.6. The van der Waals surface area contributed by atoms with Crippen molar-refractivity contribution in [2.24, 2.45) is 0 Å². The first-order chi connectivity index (χ1) is 34.5. The van der Waals surface area contributed by atoms with E-state index in [4.69, 9.17) is 4.42 Å². The Bertz CT molecular complexity index is 4000. The molecule has 12 aromatic carbocycles. The number of rotatable bonds is 8. The monoisotopic (exact) mass is 946 g/mol. The molecule has 0 saturated heterocycles. The van der Waals surface area contributed by atoms with Gasteiger partial charge >= 0.3 is 0 Å². The number of hydrogen-bond donors (Lipinski definition) is 0. The van der Waals surface area contributed by atoms with Crippen LogP contribution in [0.1, 0.15) is 0 Å². The van der Waals surface area contributed by atoms with Crippen molar-refractivity contribution in [3.8, 4) is 0 Å². The maximum atomic E-state index is 6.93. The smallest absolute Gasteiger partial charge is 0.136 e. The molecule has 3 nitrogen and oxygen atoms in total. The first-order valence-electron chi connectivity index (χ1n) is 24.9. The third kappa shape index (κ3) is 7.21. The number of furan rings is 1. The number of anilines is 6. The molecule has 0 N–H and O–H groups in total. The first-order valence-corrected chi connectivity index (χ1v) is 31.9. The fourth-order valence-electron chi connectivity index (χ4n) is 11.6. The predicted octanol–water partition coefficient (Wildman–Crippen LogP) is 18.5. The lowest BCUT2D eigenvalue weighted by molar-refractivity contribution is 0.670. The fraction of sp³-hybridized carbons (Fsp3) is 0.0909. The Labute approximate surface area is 416 Å². The van der Waals surface area contributed by atoms with Crippen LogP contribution in [0.15, 0.2) is 223 Å². The van der Waals surface area contributed by atoms with E-state index in [0.717, 1.165) is 44.1 Å². The van der Waals surface area contributed by atoms with E-state index in [0.29, 0.717) is 0 Å². The molecule has 0 amide bonds. The molecule has 0 fully saturated rings. The summed E-state index contributed by atoms with van der Waals surface area (Å²) in [5.74, 6) is 0. The van der Waals surface area contributed by atoms with Crippen molar-refractivity contribution in [1.29, 1.82) is 0 Å². The molecule has 342 valence electrons. The van der Waals surface area contributed by atoms with Crippen molar-refractivity contribution in [1.82, 2.24) is 0 Å². The molecule has 1 aromatic heterocycles. The summed E-state index contributed by atoms with van der Waals surface area (Å²) in [5, 5.41) is 19.9. The highest BCUT2D eigenvalue weighted by Gasteiger charge is 2.30. The van der Waals surface area contributed by atoms with Gasteiger partial charge in [0.2, 0.25) is 0 Å². The predicted molar refractivity (Wildman–Crippen MR) is 314 cm³/mol. The van der Waals surface area contributed by atoms with E-state index in [-0.39, 0.29) is 0 Å². The summed E-state index contributed by atoms with van der Waals surface area (Å²) in [4.78, 5) is 5.03. The van der Waals surface area contributed by atoms with Gasteiger partial charge in [-0.3, -0.25) is 0 Å². The third-order valence-corrected chi connectivity index (χ3v) is 18.7. The number of fused-ring (bicyclic) bond motifs is 9. The number of benzene rings is 12.